The van der Waals surface area contributed by atoms with Crippen LogP contribution >= 0.6 is 0 Å². The summed E-state index contributed by atoms with van der Waals surface area (Å²) >= 11 is 0. The van der Waals surface area contributed by atoms with Gasteiger partial charge in [0.2, 0.25) is 5.91 Å². The van der Waals surface area contributed by atoms with Crippen molar-refractivity contribution in [3.05, 3.63) is 72.4 Å². The number of anilines is 2. The van der Waals surface area contributed by atoms with Gasteiger partial charge in [0.1, 0.15) is 11.5 Å². The predicted molar refractivity (Wildman–Crippen MR) is 126 cm³/mol. The molecule has 9 nitrogen and oxygen atoms in total. The normalized spacial score (nSPS) is 15.6. The Morgan fingerprint density at radius 2 is 1.65 bits per heavy atom. The van der Waals surface area contributed by atoms with E-state index >= 15 is 0 Å². The number of carbonyl (C=O) groups is 3. The molecule has 0 unspecified atom stereocenters. The molecule has 1 N–H and O–H groups in total. The van der Waals surface area contributed by atoms with Gasteiger partial charge in [0.05, 0.1) is 17.1 Å². The number of ether oxygens (including phenoxy) is 1. The largest absolute Gasteiger partial charge is 0.451 e. The summed E-state index contributed by atoms with van der Waals surface area (Å²) < 4.78 is 6.88. The van der Waals surface area contributed by atoms with Crippen molar-refractivity contribution in [3.63, 3.8) is 0 Å². The molecule has 2 amide bonds. The predicted octanol–water partition coefficient (Wildman–Crippen LogP) is 3.41. The molecule has 2 heterocycles. The van der Waals surface area contributed by atoms with Gasteiger partial charge < -0.3 is 10.1 Å². The van der Waals surface area contributed by atoms with Gasteiger partial charge in [0, 0.05) is 24.8 Å². The van der Waals surface area contributed by atoms with Gasteiger partial charge in [0.15, 0.2) is 6.61 Å². The van der Waals surface area contributed by atoms with Crippen LogP contribution in [0.1, 0.15) is 37.3 Å². The maximum Gasteiger partial charge on any atom is 0.355 e. The highest BCUT2D eigenvalue weighted by atomic mass is 16.5. The monoisotopic (exact) mass is 457 g/mol. The van der Waals surface area contributed by atoms with E-state index in [0.717, 1.165) is 24.2 Å². The number of carbonyl (C=O) groups excluding carboxylic acids is 3. The zero-order valence-electron chi connectivity index (χ0n) is 18.4. The van der Waals surface area contributed by atoms with Crippen molar-refractivity contribution in [1.82, 2.24) is 9.78 Å². The van der Waals surface area contributed by atoms with Crippen molar-refractivity contribution in [1.29, 1.82) is 0 Å². The molecule has 5 rings (SSSR count). The van der Waals surface area contributed by atoms with Gasteiger partial charge in [-0.3, -0.25) is 9.59 Å². The van der Waals surface area contributed by atoms with Gasteiger partial charge >= 0.3 is 5.97 Å². The Labute approximate surface area is 196 Å². The molecule has 9 heteroatoms. The SMILES string of the molecule is O=C(COC(=O)C1=NN(c2ccccc2)C(=O)CC1)Nc1cc(C2CC2)nn1-c1ccccc1. The summed E-state index contributed by atoms with van der Waals surface area (Å²) in [5, 5.41) is 12.8. The first-order valence-electron chi connectivity index (χ1n) is 11.2. The van der Waals surface area contributed by atoms with Gasteiger partial charge in [-0.25, -0.2) is 14.5 Å². The second kappa shape index (κ2) is 9.30. The van der Waals surface area contributed by atoms with Crippen LogP contribution in [0.15, 0.2) is 71.8 Å². The van der Waals surface area contributed by atoms with Crippen molar-refractivity contribution in [2.75, 3.05) is 16.9 Å². The Kier molecular flexibility index (Phi) is 5.90. The lowest BCUT2D eigenvalue weighted by Crippen LogP contribution is -2.35. The van der Waals surface area contributed by atoms with Gasteiger partial charge in [0.25, 0.3) is 5.91 Å². The highest BCUT2D eigenvalue weighted by molar-refractivity contribution is 6.38. The van der Waals surface area contributed by atoms with Crippen molar-refractivity contribution >= 4 is 35.0 Å². The van der Waals surface area contributed by atoms with Gasteiger partial charge in [-0.15, -0.1) is 0 Å². The summed E-state index contributed by atoms with van der Waals surface area (Å²) in [6.07, 6.45) is 2.46. The summed E-state index contributed by atoms with van der Waals surface area (Å²) in [6, 6.07) is 20.2. The van der Waals surface area contributed by atoms with Crippen LogP contribution < -0.4 is 10.3 Å². The van der Waals surface area contributed by atoms with E-state index in [1.807, 2.05) is 42.5 Å². The Morgan fingerprint density at radius 3 is 2.32 bits per heavy atom. The average molecular weight is 457 g/mol. The molecule has 34 heavy (non-hydrogen) atoms. The highest BCUT2D eigenvalue weighted by Crippen LogP contribution is 2.40. The van der Waals surface area contributed by atoms with E-state index in [2.05, 4.69) is 15.5 Å². The number of amides is 2. The van der Waals surface area contributed by atoms with Gasteiger partial charge in [-0.05, 0) is 37.1 Å². The molecule has 0 bridgehead atoms. The Hall–Kier alpha value is -4.27. The van der Waals surface area contributed by atoms with Crippen LogP contribution in [0, 0.1) is 0 Å². The maximum atomic E-state index is 12.6. The lowest BCUT2D eigenvalue weighted by molar-refractivity contribution is -0.140. The number of hydrogen-bond donors (Lipinski definition) is 1. The van der Waals surface area contributed by atoms with E-state index in [4.69, 9.17) is 4.74 Å². The first kappa shape index (κ1) is 21.6. The second-order valence-electron chi connectivity index (χ2n) is 8.19. The lowest BCUT2D eigenvalue weighted by atomic mass is 10.1. The molecular weight excluding hydrogens is 434 g/mol. The molecule has 3 aromatic rings. The maximum absolute atomic E-state index is 12.6. The van der Waals surface area contributed by atoms with Crippen LogP contribution in [-0.2, 0) is 19.1 Å². The van der Waals surface area contributed by atoms with Crippen LogP contribution in [-0.4, -0.2) is 39.9 Å². The quantitative estimate of drug-likeness (QED) is 0.548. The number of hydrogen-bond acceptors (Lipinski definition) is 6. The van der Waals surface area contributed by atoms with Crippen LogP contribution in [0.5, 0.6) is 0 Å². The number of para-hydroxylation sites is 2. The highest BCUT2D eigenvalue weighted by Gasteiger charge is 2.29. The van der Waals surface area contributed by atoms with E-state index in [1.54, 1.807) is 28.9 Å². The van der Waals surface area contributed by atoms with Crippen LogP contribution in [0.25, 0.3) is 5.69 Å². The summed E-state index contributed by atoms with van der Waals surface area (Å²) in [5.41, 5.74) is 2.42. The molecular formula is C25H23N5O4. The third kappa shape index (κ3) is 4.73. The Bertz CT molecular complexity index is 1250. The van der Waals surface area contributed by atoms with Crippen molar-refractivity contribution in [2.24, 2.45) is 5.10 Å². The lowest BCUT2D eigenvalue weighted by Gasteiger charge is -2.22. The molecule has 172 valence electrons. The minimum absolute atomic E-state index is 0.0987. The first-order chi connectivity index (χ1) is 16.6. The smallest absolute Gasteiger partial charge is 0.355 e. The zero-order chi connectivity index (χ0) is 23.5. The molecule has 2 aliphatic rings. The number of nitrogens with one attached hydrogen (secondary N) is 1. The Balaban J connectivity index is 1.25. The van der Waals surface area contributed by atoms with E-state index in [9.17, 15) is 14.4 Å². The van der Waals surface area contributed by atoms with E-state index in [0.29, 0.717) is 17.4 Å². The number of benzene rings is 2. The van der Waals surface area contributed by atoms with Crippen LogP contribution in [0.4, 0.5) is 11.5 Å². The van der Waals surface area contributed by atoms with Crippen molar-refractivity contribution in [3.8, 4) is 5.69 Å². The topological polar surface area (TPSA) is 106 Å². The second-order valence-corrected chi connectivity index (χ2v) is 8.19. The molecule has 0 atom stereocenters. The molecule has 1 aromatic heterocycles. The standard InChI is InChI=1S/C25H23N5O4/c31-23(26-22-15-21(17-11-12-17)28-29(22)18-7-3-1-4-8-18)16-34-25(33)20-13-14-24(32)30(27-20)19-9-5-2-6-10-19/h1-10,15,17H,11-14,16H2,(H,26,31). The van der Waals surface area contributed by atoms with E-state index in [1.165, 1.54) is 5.01 Å². The van der Waals surface area contributed by atoms with Gasteiger partial charge in [-0.1, -0.05) is 36.4 Å². The third-order valence-corrected chi connectivity index (χ3v) is 5.60. The molecule has 2 aromatic carbocycles. The number of rotatable bonds is 7. The zero-order valence-corrected chi connectivity index (χ0v) is 18.4. The number of aromatic nitrogens is 2. The fourth-order valence-electron chi connectivity index (χ4n) is 3.70. The van der Waals surface area contributed by atoms with Crippen molar-refractivity contribution in [2.45, 2.75) is 31.6 Å². The Morgan fingerprint density at radius 1 is 0.971 bits per heavy atom. The summed E-state index contributed by atoms with van der Waals surface area (Å²) in [7, 11) is 0. The van der Waals surface area contributed by atoms with Crippen LogP contribution in [0.2, 0.25) is 0 Å². The fourth-order valence-corrected chi connectivity index (χ4v) is 3.70. The number of nitrogens with zero attached hydrogens (tertiary/aromatic N) is 4. The summed E-state index contributed by atoms with van der Waals surface area (Å²) in [4.78, 5) is 37.4. The third-order valence-electron chi connectivity index (χ3n) is 5.60. The van der Waals surface area contributed by atoms with Crippen molar-refractivity contribution < 1.29 is 19.1 Å². The minimum atomic E-state index is -0.723. The summed E-state index contributed by atoms with van der Waals surface area (Å²) in [6.45, 7) is -0.476. The fraction of sp³-hybridized carbons (Fsp3) is 0.240. The minimum Gasteiger partial charge on any atom is -0.451 e. The molecule has 1 aliphatic heterocycles. The number of hydrazone groups is 1. The number of esters is 1. The van der Waals surface area contributed by atoms with Gasteiger partial charge in [-0.2, -0.15) is 10.2 Å². The molecule has 0 radical (unpaired) electrons. The molecule has 1 aliphatic carbocycles. The van der Waals surface area contributed by atoms with E-state index < -0.39 is 18.5 Å². The first-order valence-corrected chi connectivity index (χ1v) is 11.2. The molecule has 1 saturated carbocycles. The van der Waals surface area contributed by atoms with E-state index in [-0.39, 0.29) is 24.5 Å². The molecule has 1 fully saturated rings. The average Bonchev–Trinajstić information content (AvgIpc) is 3.64. The molecule has 0 saturated heterocycles. The van der Waals surface area contributed by atoms with Crippen LogP contribution in [0.3, 0.4) is 0 Å². The summed E-state index contributed by atoms with van der Waals surface area (Å²) in [5.74, 6) is -0.483. The molecule has 0 spiro atoms.